The third-order valence-electron chi connectivity index (χ3n) is 3.53. The molecule has 25 heavy (non-hydrogen) atoms. The topological polar surface area (TPSA) is 112 Å². The molecule has 0 aliphatic rings. The molecule has 0 radical (unpaired) electrons. The first-order valence-corrected chi connectivity index (χ1v) is 7.67. The minimum Gasteiger partial charge on any atom is -0.453 e. The Bertz CT molecular complexity index is 998. The number of anilines is 1. The summed E-state index contributed by atoms with van der Waals surface area (Å²) in [5, 5.41) is 19.5. The lowest BCUT2D eigenvalue weighted by molar-refractivity contribution is -0.116. The van der Waals surface area contributed by atoms with Crippen LogP contribution in [0.5, 0.6) is 0 Å². The highest BCUT2D eigenvalue weighted by Crippen LogP contribution is 2.24. The number of nitrogens with one attached hydrogen (secondary N) is 1. The average molecular weight is 338 g/mol. The third kappa shape index (κ3) is 3.25. The molecule has 0 atom stereocenters. The van der Waals surface area contributed by atoms with E-state index in [0.717, 1.165) is 11.0 Å². The molecule has 1 aromatic carbocycles. The van der Waals surface area contributed by atoms with E-state index in [-0.39, 0.29) is 18.9 Å². The minimum atomic E-state index is -0.212. The summed E-state index contributed by atoms with van der Waals surface area (Å²) in [6.45, 7) is 2.04. The van der Waals surface area contributed by atoms with E-state index < -0.39 is 0 Å². The van der Waals surface area contributed by atoms with E-state index in [1.807, 2.05) is 30.3 Å². The zero-order chi connectivity index (χ0) is 17.2. The van der Waals surface area contributed by atoms with E-state index >= 15 is 0 Å². The zero-order valence-corrected chi connectivity index (χ0v) is 13.3. The van der Waals surface area contributed by atoms with Gasteiger partial charge in [-0.05, 0) is 24.3 Å². The van der Waals surface area contributed by atoms with Gasteiger partial charge in [-0.2, -0.15) is 4.80 Å². The molecule has 0 unspecified atom stereocenters. The number of rotatable bonds is 5. The number of carbonyl (C=O) groups excluding carboxylic acids is 1. The smallest absolute Gasteiger partial charge is 0.240 e. The molecule has 1 amide bonds. The summed E-state index contributed by atoms with van der Waals surface area (Å²) < 4.78 is 10.6. The third-order valence-corrected chi connectivity index (χ3v) is 3.53. The predicted octanol–water partition coefficient (Wildman–Crippen LogP) is 2.41. The van der Waals surface area contributed by atoms with Crippen molar-refractivity contribution in [3.8, 4) is 11.6 Å². The molecule has 4 aromatic rings. The number of hydrogen-bond donors (Lipinski definition) is 1. The zero-order valence-electron chi connectivity index (χ0n) is 13.3. The van der Waals surface area contributed by atoms with Crippen LogP contribution in [-0.4, -0.2) is 31.3 Å². The average Bonchev–Trinajstić information content (AvgIpc) is 3.31. The minimum absolute atomic E-state index is 0.182. The number of aryl methyl sites for hydroxylation is 2. The van der Waals surface area contributed by atoms with Gasteiger partial charge in [-0.3, -0.25) is 4.79 Å². The molecule has 3 heterocycles. The lowest BCUT2D eigenvalue weighted by Gasteiger charge is -1.99. The van der Waals surface area contributed by atoms with Crippen molar-refractivity contribution < 1.29 is 13.7 Å². The summed E-state index contributed by atoms with van der Waals surface area (Å²) in [4.78, 5) is 13.2. The van der Waals surface area contributed by atoms with E-state index in [0.29, 0.717) is 23.2 Å². The van der Waals surface area contributed by atoms with Gasteiger partial charge < -0.3 is 14.3 Å². The number of furan rings is 1. The van der Waals surface area contributed by atoms with Crippen molar-refractivity contribution >= 4 is 22.7 Å². The molecule has 0 aliphatic heterocycles. The van der Waals surface area contributed by atoms with Gasteiger partial charge in [-0.25, -0.2) is 0 Å². The number of aromatic nitrogens is 5. The number of tetrazole rings is 1. The van der Waals surface area contributed by atoms with Crippen molar-refractivity contribution in [2.75, 3.05) is 5.32 Å². The number of amides is 1. The summed E-state index contributed by atoms with van der Waals surface area (Å²) in [5.74, 6) is 1.72. The Morgan fingerprint density at radius 3 is 2.96 bits per heavy atom. The molecular formula is C16H14N6O3. The second-order valence-electron chi connectivity index (χ2n) is 5.48. The number of benzene rings is 1. The van der Waals surface area contributed by atoms with Crippen molar-refractivity contribution in [3.05, 3.63) is 42.2 Å². The highest BCUT2D eigenvalue weighted by molar-refractivity contribution is 5.89. The maximum absolute atomic E-state index is 11.9. The highest BCUT2D eigenvalue weighted by atomic mass is 16.5. The van der Waals surface area contributed by atoms with Gasteiger partial charge in [0.15, 0.2) is 11.6 Å². The molecule has 4 rings (SSSR count). The second kappa shape index (κ2) is 6.19. The molecule has 1 N–H and O–H groups in total. The number of nitrogens with zero attached hydrogens (tertiary/aromatic N) is 5. The van der Waals surface area contributed by atoms with Gasteiger partial charge in [0.2, 0.25) is 11.7 Å². The van der Waals surface area contributed by atoms with Crippen LogP contribution in [0.1, 0.15) is 12.2 Å². The first kappa shape index (κ1) is 15.1. The van der Waals surface area contributed by atoms with Crippen LogP contribution >= 0.6 is 0 Å². The van der Waals surface area contributed by atoms with Crippen LogP contribution in [0.2, 0.25) is 0 Å². The molecule has 126 valence electrons. The standard InChI is InChI=1S/C16H14N6O3/c1-10-8-14(20-25-10)17-15(23)6-7-22-19-16(18-21-22)13-9-11-4-2-3-5-12(11)24-13/h2-5,8-9H,6-7H2,1H3,(H,17,20,23). The number of fused-ring (bicyclic) bond motifs is 1. The first-order valence-electron chi connectivity index (χ1n) is 7.67. The summed E-state index contributed by atoms with van der Waals surface area (Å²) in [6.07, 6.45) is 0.182. The SMILES string of the molecule is Cc1cc(NC(=O)CCn2nnc(-c3cc4ccccc4o3)n2)no1. The second-order valence-corrected chi connectivity index (χ2v) is 5.48. The molecule has 0 bridgehead atoms. The molecule has 0 fully saturated rings. The molecular weight excluding hydrogens is 324 g/mol. The van der Waals surface area contributed by atoms with Gasteiger partial charge in [0.05, 0.1) is 6.54 Å². The van der Waals surface area contributed by atoms with E-state index in [1.54, 1.807) is 13.0 Å². The van der Waals surface area contributed by atoms with Crippen molar-refractivity contribution in [1.29, 1.82) is 0 Å². The predicted molar refractivity (Wildman–Crippen MR) is 87.5 cm³/mol. The van der Waals surface area contributed by atoms with Crippen LogP contribution in [0.4, 0.5) is 5.82 Å². The molecule has 0 saturated heterocycles. The number of para-hydroxylation sites is 1. The van der Waals surface area contributed by atoms with Crippen LogP contribution in [0.3, 0.4) is 0 Å². The van der Waals surface area contributed by atoms with Crippen molar-refractivity contribution in [2.24, 2.45) is 0 Å². The fourth-order valence-electron chi connectivity index (χ4n) is 2.36. The van der Waals surface area contributed by atoms with Crippen molar-refractivity contribution in [2.45, 2.75) is 19.9 Å². The van der Waals surface area contributed by atoms with E-state index in [4.69, 9.17) is 8.94 Å². The van der Waals surface area contributed by atoms with Gasteiger partial charge in [-0.15, -0.1) is 10.2 Å². The highest BCUT2D eigenvalue weighted by Gasteiger charge is 2.13. The largest absolute Gasteiger partial charge is 0.453 e. The first-order chi connectivity index (χ1) is 12.2. The van der Waals surface area contributed by atoms with Gasteiger partial charge >= 0.3 is 0 Å². The van der Waals surface area contributed by atoms with Crippen LogP contribution in [-0.2, 0) is 11.3 Å². The Hall–Kier alpha value is -3.49. The molecule has 0 saturated carbocycles. The molecule has 0 spiro atoms. The Kier molecular flexibility index (Phi) is 3.73. The van der Waals surface area contributed by atoms with E-state index in [9.17, 15) is 4.79 Å². The van der Waals surface area contributed by atoms with Crippen LogP contribution in [0, 0.1) is 6.92 Å². The quantitative estimate of drug-likeness (QED) is 0.594. The summed E-state index contributed by atoms with van der Waals surface area (Å²) in [7, 11) is 0. The fourth-order valence-corrected chi connectivity index (χ4v) is 2.36. The maximum Gasteiger partial charge on any atom is 0.240 e. The molecule has 3 aromatic heterocycles. The van der Waals surface area contributed by atoms with Crippen LogP contribution < -0.4 is 5.32 Å². The Morgan fingerprint density at radius 2 is 2.16 bits per heavy atom. The van der Waals surface area contributed by atoms with E-state index in [1.165, 1.54) is 4.80 Å². The maximum atomic E-state index is 11.9. The van der Waals surface area contributed by atoms with Gasteiger partial charge in [-0.1, -0.05) is 23.4 Å². The van der Waals surface area contributed by atoms with E-state index in [2.05, 4.69) is 25.9 Å². The molecule has 0 aliphatic carbocycles. The Labute approximate surface area is 141 Å². The van der Waals surface area contributed by atoms with Gasteiger partial charge in [0.1, 0.15) is 11.3 Å². The van der Waals surface area contributed by atoms with Gasteiger partial charge in [0.25, 0.3) is 0 Å². The fraction of sp³-hybridized carbons (Fsp3) is 0.188. The number of hydrogen-bond acceptors (Lipinski definition) is 7. The van der Waals surface area contributed by atoms with Crippen molar-refractivity contribution in [3.63, 3.8) is 0 Å². The summed E-state index contributed by atoms with van der Waals surface area (Å²) in [5.41, 5.74) is 0.760. The number of carbonyl (C=O) groups is 1. The lowest BCUT2D eigenvalue weighted by atomic mass is 10.2. The summed E-state index contributed by atoms with van der Waals surface area (Å²) >= 11 is 0. The van der Waals surface area contributed by atoms with Crippen molar-refractivity contribution in [1.82, 2.24) is 25.4 Å². The van der Waals surface area contributed by atoms with Gasteiger partial charge in [0, 0.05) is 17.9 Å². The molecule has 9 nitrogen and oxygen atoms in total. The normalized spacial score (nSPS) is 11.1. The lowest BCUT2D eigenvalue weighted by Crippen LogP contribution is -2.15. The Morgan fingerprint density at radius 1 is 1.28 bits per heavy atom. The monoisotopic (exact) mass is 338 g/mol. The van der Waals surface area contributed by atoms with Crippen LogP contribution in [0.15, 0.2) is 45.3 Å². The molecule has 9 heteroatoms. The Balaban J connectivity index is 1.40. The van der Waals surface area contributed by atoms with Crippen LogP contribution in [0.25, 0.3) is 22.6 Å². The summed E-state index contributed by atoms with van der Waals surface area (Å²) in [6, 6.07) is 11.2.